The minimum atomic E-state index is 0.538. The van der Waals surface area contributed by atoms with E-state index in [0.29, 0.717) is 19.1 Å². The van der Waals surface area contributed by atoms with Gasteiger partial charge in [-0.2, -0.15) is 0 Å². The largest absolute Gasteiger partial charge is 0.383 e. The maximum atomic E-state index is 5.44. The topological polar surface area (TPSA) is 74.9 Å². The summed E-state index contributed by atoms with van der Waals surface area (Å²) in [6.07, 6.45) is 2.57. The van der Waals surface area contributed by atoms with Crippen molar-refractivity contribution in [1.29, 1.82) is 0 Å². The maximum Gasteiger partial charge on any atom is 0.210 e. The Balaban J connectivity index is 1.93. The van der Waals surface area contributed by atoms with Gasteiger partial charge in [-0.1, -0.05) is 0 Å². The highest BCUT2D eigenvalue weighted by Gasteiger charge is 2.11. The lowest BCUT2D eigenvalue weighted by Gasteiger charge is -2.18. The summed E-state index contributed by atoms with van der Waals surface area (Å²) in [5.74, 6) is 5.98. The first-order valence-electron chi connectivity index (χ1n) is 6.95. The van der Waals surface area contributed by atoms with Gasteiger partial charge in [0.05, 0.1) is 13.2 Å². The number of nitrogens with two attached hydrogens (primary N) is 1. The number of nitrogens with one attached hydrogen (secondary N) is 2. The van der Waals surface area contributed by atoms with Crippen LogP contribution in [0.5, 0.6) is 0 Å². The van der Waals surface area contributed by atoms with Crippen molar-refractivity contribution >= 4 is 17.3 Å². The van der Waals surface area contributed by atoms with Crippen LogP contribution in [-0.4, -0.2) is 39.3 Å². The number of ether oxygens (including phenoxy) is 1. The number of hydrogen-bond donors (Lipinski definition) is 3. The maximum absolute atomic E-state index is 5.44. The molecule has 0 atom stereocenters. The molecule has 0 spiro atoms. The van der Waals surface area contributed by atoms with Gasteiger partial charge in [0.2, 0.25) is 5.96 Å². The number of aliphatic imine (C=N–C) groups is 1. The van der Waals surface area contributed by atoms with Crippen LogP contribution in [-0.2, 0) is 4.74 Å². The molecule has 0 amide bonds. The molecule has 1 fully saturated rings. The molecule has 4 N–H and O–H groups in total. The average Bonchev–Trinajstić information content (AvgIpc) is 3.01. The van der Waals surface area contributed by atoms with Gasteiger partial charge in [0.15, 0.2) is 0 Å². The standard InChI is InChI=1S/C14H23N5O/c1-20-11-8-16-14(18-15)17-12-4-6-13(7-5-12)19-9-2-3-10-19/h4-7H,2-3,8-11,15H2,1H3,(H2,16,17,18). The van der Waals surface area contributed by atoms with Gasteiger partial charge in [-0.25, -0.2) is 10.8 Å². The van der Waals surface area contributed by atoms with Gasteiger partial charge in [-0.3, -0.25) is 5.43 Å². The van der Waals surface area contributed by atoms with E-state index in [9.17, 15) is 0 Å². The normalized spacial score (nSPS) is 15.5. The third kappa shape index (κ3) is 4.11. The summed E-state index contributed by atoms with van der Waals surface area (Å²) in [6, 6.07) is 8.32. The van der Waals surface area contributed by atoms with E-state index in [0.717, 1.165) is 18.8 Å². The first kappa shape index (κ1) is 14.6. The van der Waals surface area contributed by atoms with Gasteiger partial charge in [-0.15, -0.1) is 0 Å². The van der Waals surface area contributed by atoms with E-state index in [1.165, 1.54) is 18.5 Å². The van der Waals surface area contributed by atoms with Crippen LogP contribution in [0.1, 0.15) is 12.8 Å². The monoisotopic (exact) mass is 277 g/mol. The lowest BCUT2D eigenvalue weighted by Crippen LogP contribution is -2.36. The van der Waals surface area contributed by atoms with Crippen LogP contribution in [0.2, 0.25) is 0 Å². The van der Waals surface area contributed by atoms with Crippen LogP contribution in [0.15, 0.2) is 29.3 Å². The molecule has 2 rings (SSSR count). The Morgan fingerprint density at radius 3 is 2.60 bits per heavy atom. The number of hydrazine groups is 1. The fraction of sp³-hybridized carbons (Fsp3) is 0.500. The highest BCUT2D eigenvalue weighted by atomic mass is 16.5. The molecule has 1 heterocycles. The van der Waals surface area contributed by atoms with Crippen molar-refractivity contribution < 1.29 is 4.74 Å². The minimum Gasteiger partial charge on any atom is -0.383 e. The molecule has 0 aromatic heterocycles. The van der Waals surface area contributed by atoms with Crippen molar-refractivity contribution in [3.05, 3.63) is 24.3 Å². The van der Waals surface area contributed by atoms with Crippen molar-refractivity contribution in [3.8, 4) is 0 Å². The van der Waals surface area contributed by atoms with Crippen LogP contribution in [0.3, 0.4) is 0 Å². The van der Waals surface area contributed by atoms with Gasteiger partial charge in [-0.05, 0) is 37.1 Å². The molecule has 1 aromatic carbocycles. The van der Waals surface area contributed by atoms with E-state index in [4.69, 9.17) is 10.6 Å². The van der Waals surface area contributed by atoms with Crippen LogP contribution in [0, 0.1) is 0 Å². The predicted octanol–water partition coefficient (Wildman–Crippen LogP) is 1.16. The predicted molar refractivity (Wildman–Crippen MR) is 83.0 cm³/mol. The number of benzene rings is 1. The Bertz CT molecular complexity index is 426. The Morgan fingerprint density at radius 1 is 1.30 bits per heavy atom. The smallest absolute Gasteiger partial charge is 0.210 e. The Labute approximate surface area is 120 Å². The lowest BCUT2D eigenvalue weighted by atomic mass is 10.2. The van der Waals surface area contributed by atoms with Crippen LogP contribution in [0.25, 0.3) is 0 Å². The molecule has 1 aliphatic rings. The second-order valence-electron chi connectivity index (χ2n) is 4.73. The van der Waals surface area contributed by atoms with Crippen molar-refractivity contribution in [2.45, 2.75) is 12.8 Å². The summed E-state index contributed by atoms with van der Waals surface area (Å²) < 4.78 is 4.95. The van der Waals surface area contributed by atoms with Crippen LogP contribution < -0.4 is 21.5 Å². The first-order valence-corrected chi connectivity index (χ1v) is 6.95. The summed E-state index contributed by atoms with van der Waals surface area (Å²) in [5.41, 5.74) is 4.78. The molecule has 6 nitrogen and oxygen atoms in total. The Morgan fingerprint density at radius 2 is 2.00 bits per heavy atom. The van der Waals surface area contributed by atoms with Gasteiger partial charge in [0.25, 0.3) is 0 Å². The zero-order valence-electron chi connectivity index (χ0n) is 11.9. The number of anilines is 2. The quantitative estimate of drug-likeness (QED) is 0.248. The number of methoxy groups -OCH3 is 1. The Kier molecular flexibility index (Phi) is 5.64. The van der Waals surface area contributed by atoms with Crippen molar-refractivity contribution in [2.24, 2.45) is 10.8 Å². The van der Waals surface area contributed by atoms with Crippen LogP contribution >= 0.6 is 0 Å². The van der Waals surface area contributed by atoms with Crippen molar-refractivity contribution in [1.82, 2.24) is 5.43 Å². The molecule has 6 heteroatoms. The molecule has 0 unspecified atom stereocenters. The fourth-order valence-electron chi connectivity index (χ4n) is 2.24. The number of nitrogens with zero attached hydrogens (tertiary/aromatic N) is 2. The van der Waals surface area contributed by atoms with E-state index < -0.39 is 0 Å². The fourth-order valence-corrected chi connectivity index (χ4v) is 2.24. The minimum absolute atomic E-state index is 0.538. The zero-order chi connectivity index (χ0) is 14.2. The van der Waals surface area contributed by atoms with Gasteiger partial charge in [0, 0.05) is 31.6 Å². The van der Waals surface area contributed by atoms with Crippen molar-refractivity contribution in [2.75, 3.05) is 43.6 Å². The third-order valence-electron chi connectivity index (χ3n) is 3.30. The highest BCUT2D eigenvalue weighted by Crippen LogP contribution is 2.21. The second kappa shape index (κ2) is 7.72. The van der Waals surface area contributed by atoms with Crippen molar-refractivity contribution in [3.63, 3.8) is 0 Å². The summed E-state index contributed by atoms with van der Waals surface area (Å²) in [5, 5.41) is 3.15. The molecule has 1 saturated heterocycles. The van der Waals surface area contributed by atoms with Gasteiger partial charge in [0.1, 0.15) is 0 Å². The SMILES string of the molecule is COCCN=C(NN)Nc1ccc(N2CCCC2)cc1. The molecule has 110 valence electrons. The molecule has 1 aromatic rings. The summed E-state index contributed by atoms with van der Waals surface area (Å²) in [4.78, 5) is 6.66. The van der Waals surface area contributed by atoms with E-state index in [1.54, 1.807) is 7.11 Å². The number of hydrogen-bond acceptors (Lipinski definition) is 4. The summed E-state index contributed by atoms with van der Waals surface area (Å²) in [7, 11) is 1.65. The molecule has 20 heavy (non-hydrogen) atoms. The number of guanidine groups is 1. The molecule has 0 aliphatic carbocycles. The molecule has 1 aliphatic heterocycles. The highest BCUT2D eigenvalue weighted by molar-refractivity contribution is 5.93. The van der Waals surface area contributed by atoms with E-state index in [2.05, 4.69) is 32.8 Å². The van der Waals surface area contributed by atoms with Gasteiger partial charge < -0.3 is 15.0 Å². The summed E-state index contributed by atoms with van der Waals surface area (Å²) >= 11 is 0. The molecule has 0 bridgehead atoms. The van der Waals surface area contributed by atoms with Crippen LogP contribution in [0.4, 0.5) is 11.4 Å². The third-order valence-corrected chi connectivity index (χ3v) is 3.30. The molecular weight excluding hydrogens is 254 g/mol. The van der Waals surface area contributed by atoms with E-state index in [1.807, 2.05) is 12.1 Å². The van der Waals surface area contributed by atoms with E-state index >= 15 is 0 Å². The lowest BCUT2D eigenvalue weighted by molar-refractivity contribution is 0.208. The molecule has 0 radical (unpaired) electrons. The average molecular weight is 277 g/mol. The molecular formula is C14H23N5O. The van der Waals surface area contributed by atoms with Gasteiger partial charge >= 0.3 is 0 Å². The Hall–Kier alpha value is -1.79. The van der Waals surface area contributed by atoms with E-state index in [-0.39, 0.29) is 0 Å². The molecule has 0 saturated carbocycles. The summed E-state index contributed by atoms with van der Waals surface area (Å²) in [6.45, 7) is 3.44. The zero-order valence-corrected chi connectivity index (χ0v) is 11.9. The number of rotatable bonds is 5. The first-order chi connectivity index (χ1) is 9.83. The second-order valence-corrected chi connectivity index (χ2v) is 4.73.